The van der Waals surface area contributed by atoms with E-state index in [4.69, 9.17) is 0 Å². The van der Waals surface area contributed by atoms with Gasteiger partial charge in [0.05, 0.1) is 11.3 Å². The van der Waals surface area contributed by atoms with Gasteiger partial charge in [-0.15, -0.1) is 0 Å². The number of nitrogens with zero attached hydrogens (tertiary/aromatic N) is 1. The second-order valence-corrected chi connectivity index (χ2v) is 8.48. The molecule has 0 N–H and O–H groups in total. The minimum Gasteiger partial charge on any atom is -0.276 e. The van der Waals surface area contributed by atoms with Crippen LogP contribution in [0.15, 0.2) is 97.1 Å². The Kier molecular flexibility index (Phi) is 4.99. The molecule has 0 aliphatic carbocycles. The third-order valence-corrected chi connectivity index (χ3v) is 6.02. The van der Waals surface area contributed by atoms with E-state index in [2.05, 4.69) is 87.5 Å². The summed E-state index contributed by atoms with van der Waals surface area (Å²) in [7, 11) is 0. The number of benzene rings is 4. The Morgan fingerprint density at radius 2 is 1.19 bits per heavy atom. The fourth-order valence-corrected chi connectivity index (χ4v) is 4.35. The van der Waals surface area contributed by atoms with Crippen LogP contribution in [0.25, 0.3) is 11.1 Å². The highest BCUT2D eigenvalue weighted by Gasteiger charge is 2.36. The molecule has 4 aromatic rings. The smallest absolute Gasteiger partial charge is 0.264 e. The van der Waals surface area contributed by atoms with E-state index in [0.717, 1.165) is 44.8 Å². The summed E-state index contributed by atoms with van der Waals surface area (Å²) in [6, 6.07) is 33.1. The molecule has 2 nitrogen and oxygen atoms in total. The lowest BCUT2D eigenvalue weighted by Gasteiger charge is -2.18. The average Bonchev–Trinajstić information content (AvgIpc) is 3.08. The van der Waals surface area contributed by atoms with Crippen molar-refractivity contribution in [1.82, 2.24) is 0 Å². The molecule has 0 radical (unpaired) electrons. The van der Waals surface area contributed by atoms with Crippen molar-refractivity contribution in [2.24, 2.45) is 0 Å². The fourth-order valence-electron chi connectivity index (χ4n) is 4.35. The predicted octanol–water partition coefficient (Wildman–Crippen LogP) is 7.25. The van der Waals surface area contributed by atoms with Crippen molar-refractivity contribution >= 4 is 28.4 Å². The lowest BCUT2D eigenvalue weighted by molar-refractivity contribution is -0.112. The standard InChI is InChI=1S/C30H25NO/c1-20-9-14-24(15-10-20)28(23-7-5-4-6-8-23)29-26-19-22(3)13-18-27(26)31(30(29)32)25-16-11-21(2)12-17-25/h4-19H,1-3H3/b29-28+. The number of carbonyl (C=O) groups is 1. The zero-order valence-corrected chi connectivity index (χ0v) is 18.6. The van der Waals surface area contributed by atoms with Crippen molar-refractivity contribution in [3.05, 3.63) is 130 Å². The Morgan fingerprint density at radius 1 is 0.625 bits per heavy atom. The molecule has 1 heterocycles. The quantitative estimate of drug-likeness (QED) is 0.323. The number of hydrogen-bond donors (Lipinski definition) is 0. The molecule has 0 fully saturated rings. The molecule has 4 aromatic carbocycles. The summed E-state index contributed by atoms with van der Waals surface area (Å²) in [5.41, 5.74) is 10.1. The van der Waals surface area contributed by atoms with E-state index in [0.29, 0.717) is 0 Å². The van der Waals surface area contributed by atoms with Crippen LogP contribution in [0.5, 0.6) is 0 Å². The average molecular weight is 416 g/mol. The Balaban J connectivity index is 1.82. The highest BCUT2D eigenvalue weighted by molar-refractivity contribution is 6.40. The maximum atomic E-state index is 14.1. The summed E-state index contributed by atoms with van der Waals surface area (Å²) in [4.78, 5) is 15.9. The van der Waals surface area contributed by atoms with E-state index < -0.39 is 0 Å². The van der Waals surface area contributed by atoms with Crippen LogP contribution in [-0.2, 0) is 4.79 Å². The third-order valence-electron chi connectivity index (χ3n) is 6.02. The van der Waals surface area contributed by atoms with Crippen molar-refractivity contribution in [3.63, 3.8) is 0 Å². The van der Waals surface area contributed by atoms with Gasteiger partial charge in [-0.25, -0.2) is 0 Å². The van der Waals surface area contributed by atoms with Crippen LogP contribution in [0.3, 0.4) is 0 Å². The third kappa shape index (κ3) is 3.44. The zero-order chi connectivity index (χ0) is 22.2. The van der Waals surface area contributed by atoms with Crippen molar-refractivity contribution in [1.29, 1.82) is 0 Å². The van der Waals surface area contributed by atoms with Crippen molar-refractivity contribution in [2.75, 3.05) is 4.90 Å². The van der Waals surface area contributed by atoms with Gasteiger partial charge in [0.15, 0.2) is 0 Å². The summed E-state index contributed by atoms with van der Waals surface area (Å²) in [5, 5.41) is 0. The van der Waals surface area contributed by atoms with Gasteiger partial charge in [-0.2, -0.15) is 0 Å². The first-order valence-corrected chi connectivity index (χ1v) is 10.9. The van der Waals surface area contributed by atoms with Gasteiger partial charge in [0.1, 0.15) is 0 Å². The Morgan fingerprint density at radius 3 is 1.84 bits per heavy atom. The minimum atomic E-state index is 0.00822. The second kappa shape index (κ2) is 7.97. The molecular formula is C30H25NO. The number of amides is 1. The van der Waals surface area contributed by atoms with Crippen LogP contribution in [-0.4, -0.2) is 5.91 Å². The number of hydrogen-bond acceptors (Lipinski definition) is 1. The highest BCUT2D eigenvalue weighted by atomic mass is 16.2. The highest BCUT2D eigenvalue weighted by Crippen LogP contribution is 2.46. The van der Waals surface area contributed by atoms with E-state index >= 15 is 0 Å². The minimum absolute atomic E-state index is 0.00822. The van der Waals surface area contributed by atoms with Crippen LogP contribution in [0, 0.1) is 20.8 Å². The molecule has 0 unspecified atom stereocenters. The molecule has 5 rings (SSSR count). The lowest BCUT2D eigenvalue weighted by Crippen LogP contribution is -2.21. The number of anilines is 2. The Hall–Kier alpha value is -3.91. The van der Waals surface area contributed by atoms with Crippen molar-refractivity contribution in [3.8, 4) is 0 Å². The first-order chi connectivity index (χ1) is 15.5. The topological polar surface area (TPSA) is 20.3 Å². The number of aryl methyl sites for hydroxylation is 3. The molecule has 0 bridgehead atoms. The zero-order valence-electron chi connectivity index (χ0n) is 18.6. The summed E-state index contributed by atoms with van der Waals surface area (Å²) in [6.07, 6.45) is 0. The summed E-state index contributed by atoms with van der Waals surface area (Å²) < 4.78 is 0. The van der Waals surface area contributed by atoms with E-state index in [1.165, 1.54) is 11.1 Å². The van der Waals surface area contributed by atoms with Gasteiger partial charge in [-0.1, -0.05) is 89.5 Å². The van der Waals surface area contributed by atoms with Crippen LogP contribution in [0.4, 0.5) is 11.4 Å². The first kappa shape index (κ1) is 20.0. The first-order valence-electron chi connectivity index (χ1n) is 10.9. The molecule has 0 saturated heterocycles. The van der Waals surface area contributed by atoms with Crippen LogP contribution < -0.4 is 4.90 Å². The van der Waals surface area contributed by atoms with E-state index in [1.807, 2.05) is 35.2 Å². The van der Waals surface area contributed by atoms with Gasteiger partial charge >= 0.3 is 0 Å². The van der Waals surface area contributed by atoms with E-state index in [1.54, 1.807) is 0 Å². The number of rotatable bonds is 3. The van der Waals surface area contributed by atoms with Crippen molar-refractivity contribution in [2.45, 2.75) is 20.8 Å². The monoisotopic (exact) mass is 415 g/mol. The van der Waals surface area contributed by atoms with Crippen LogP contribution >= 0.6 is 0 Å². The normalized spacial score (nSPS) is 14.5. The molecule has 0 saturated carbocycles. The molecular weight excluding hydrogens is 390 g/mol. The summed E-state index contributed by atoms with van der Waals surface area (Å²) in [5.74, 6) is 0.00822. The molecule has 156 valence electrons. The van der Waals surface area contributed by atoms with E-state index in [9.17, 15) is 4.79 Å². The van der Waals surface area contributed by atoms with Gasteiger partial charge in [-0.05, 0) is 56.2 Å². The van der Waals surface area contributed by atoms with Gasteiger partial charge in [0.2, 0.25) is 0 Å². The fraction of sp³-hybridized carbons (Fsp3) is 0.100. The van der Waals surface area contributed by atoms with Gasteiger partial charge in [0.25, 0.3) is 5.91 Å². The Labute approximate surface area is 189 Å². The maximum Gasteiger partial charge on any atom is 0.264 e. The molecule has 32 heavy (non-hydrogen) atoms. The Bertz CT molecular complexity index is 1330. The van der Waals surface area contributed by atoms with Crippen LogP contribution in [0.2, 0.25) is 0 Å². The molecule has 2 heteroatoms. The van der Waals surface area contributed by atoms with Crippen LogP contribution in [0.1, 0.15) is 33.4 Å². The molecule has 1 aliphatic rings. The molecule has 0 atom stereocenters. The summed E-state index contributed by atoms with van der Waals surface area (Å²) >= 11 is 0. The molecule has 1 aliphatic heterocycles. The number of carbonyl (C=O) groups excluding carboxylic acids is 1. The molecule has 1 amide bonds. The largest absolute Gasteiger partial charge is 0.276 e. The predicted molar refractivity (Wildman–Crippen MR) is 133 cm³/mol. The molecule has 0 spiro atoms. The van der Waals surface area contributed by atoms with Gasteiger partial charge in [-0.3, -0.25) is 9.69 Å². The summed E-state index contributed by atoms with van der Waals surface area (Å²) in [6.45, 7) is 6.21. The van der Waals surface area contributed by atoms with Gasteiger partial charge in [0, 0.05) is 16.8 Å². The second-order valence-electron chi connectivity index (χ2n) is 8.48. The van der Waals surface area contributed by atoms with E-state index in [-0.39, 0.29) is 5.91 Å². The molecule has 0 aromatic heterocycles. The number of fused-ring (bicyclic) bond motifs is 1. The van der Waals surface area contributed by atoms with Crippen molar-refractivity contribution < 1.29 is 4.79 Å². The van der Waals surface area contributed by atoms with Gasteiger partial charge < -0.3 is 0 Å². The maximum absolute atomic E-state index is 14.1. The SMILES string of the molecule is Cc1ccc(/C(=C2/C(=O)N(c3ccc(C)cc3)c3ccc(C)cc32)c2ccccc2)cc1. The lowest BCUT2D eigenvalue weighted by atomic mass is 9.89.